The lowest BCUT2D eigenvalue weighted by Gasteiger charge is -2.35. The van der Waals surface area contributed by atoms with Crippen LogP contribution in [0.25, 0.3) is 0 Å². The van der Waals surface area contributed by atoms with E-state index in [-0.39, 0.29) is 5.91 Å². The Morgan fingerprint density at radius 3 is 2.80 bits per heavy atom. The maximum absolute atomic E-state index is 12.7. The number of nitrogen functional groups attached to an aromatic ring is 1. The molecule has 1 saturated heterocycles. The second-order valence-electron chi connectivity index (χ2n) is 5.65. The van der Waals surface area contributed by atoms with Crippen molar-refractivity contribution in [3.8, 4) is 5.75 Å². The molecule has 2 atom stereocenters. The van der Waals surface area contributed by atoms with Crippen LogP contribution >= 0.6 is 0 Å². The monoisotopic (exact) mass is 276 g/mol. The molecule has 20 heavy (non-hydrogen) atoms. The lowest BCUT2D eigenvalue weighted by Crippen LogP contribution is -2.42. The number of likely N-dealkylation sites (tertiary alicyclic amines) is 1. The van der Waals surface area contributed by atoms with Gasteiger partial charge in [-0.25, -0.2) is 0 Å². The first-order valence-electron chi connectivity index (χ1n) is 7.35. The van der Waals surface area contributed by atoms with Gasteiger partial charge in [-0.2, -0.15) is 0 Å². The van der Waals surface area contributed by atoms with Crippen LogP contribution in [-0.2, 0) is 0 Å². The molecule has 0 bridgehead atoms. The van der Waals surface area contributed by atoms with Crippen molar-refractivity contribution in [1.29, 1.82) is 0 Å². The number of para-hydroxylation sites is 1. The van der Waals surface area contributed by atoms with Gasteiger partial charge in [0.2, 0.25) is 0 Å². The van der Waals surface area contributed by atoms with E-state index in [0.29, 0.717) is 35.4 Å². The zero-order valence-electron chi connectivity index (χ0n) is 12.6. The van der Waals surface area contributed by atoms with Crippen LogP contribution in [-0.4, -0.2) is 30.5 Å². The highest BCUT2D eigenvalue weighted by molar-refractivity contribution is 5.98. The molecule has 0 spiro atoms. The Morgan fingerprint density at radius 2 is 2.15 bits per heavy atom. The van der Waals surface area contributed by atoms with E-state index in [1.165, 1.54) is 0 Å². The smallest absolute Gasteiger partial charge is 0.257 e. The molecule has 4 nitrogen and oxygen atoms in total. The number of nitrogens with zero attached hydrogens (tertiary/aromatic N) is 1. The standard InChI is InChI=1S/C16H24N2O2/c1-4-20-15-13(6-5-7-14(15)17)16(19)18-9-8-11(2)12(3)10-18/h5-7,11-12H,4,8-10,17H2,1-3H3. The third-order valence-electron chi connectivity index (χ3n) is 4.19. The summed E-state index contributed by atoms with van der Waals surface area (Å²) in [7, 11) is 0. The second kappa shape index (κ2) is 6.16. The van der Waals surface area contributed by atoms with Gasteiger partial charge in [0.15, 0.2) is 5.75 Å². The van der Waals surface area contributed by atoms with Crippen LogP contribution in [0, 0.1) is 11.8 Å². The van der Waals surface area contributed by atoms with Crippen LogP contribution in [0.4, 0.5) is 5.69 Å². The van der Waals surface area contributed by atoms with Crippen LogP contribution in [0.1, 0.15) is 37.6 Å². The number of rotatable bonds is 3. The molecule has 1 aliphatic heterocycles. The van der Waals surface area contributed by atoms with E-state index in [4.69, 9.17) is 10.5 Å². The van der Waals surface area contributed by atoms with E-state index in [1.54, 1.807) is 18.2 Å². The van der Waals surface area contributed by atoms with Gasteiger partial charge in [0.25, 0.3) is 5.91 Å². The van der Waals surface area contributed by atoms with Gasteiger partial charge in [-0.15, -0.1) is 0 Å². The number of carbonyl (C=O) groups excluding carboxylic acids is 1. The average Bonchev–Trinajstić information content (AvgIpc) is 2.43. The minimum Gasteiger partial charge on any atom is -0.491 e. The average molecular weight is 276 g/mol. The minimum atomic E-state index is 0.0273. The van der Waals surface area contributed by atoms with Crippen LogP contribution in [0.5, 0.6) is 5.75 Å². The van der Waals surface area contributed by atoms with Crippen molar-refractivity contribution in [2.45, 2.75) is 27.2 Å². The third-order valence-corrected chi connectivity index (χ3v) is 4.19. The van der Waals surface area contributed by atoms with E-state index >= 15 is 0 Å². The summed E-state index contributed by atoms with van der Waals surface area (Å²) in [6.07, 6.45) is 1.05. The van der Waals surface area contributed by atoms with Gasteiger partial charge in [0.1, 0.15) is 0 Å². The predicted octanol–water partition coefficient (Wildman–Crippen LogP) is 2.79. The van der Waals surface area contributed by atoms with Gasteiger partial charge in [-0.05, 0) is 37.3 Å². The molecule has 2 rings (SSSR count). The van der Waals surface area contributed by atoms with E-state index in [0.717, 1.165) is 19.5 Å². The topological polar surface area (TPSA) is 55.6 Å². The lowest BCUT2D eigenvalue weighted by atomic mass is 9.88. The van der Waals surface area contributed by atoms with E-state index in [2.05, 4.69) is 13.8 Å². The number of piperidine rings is 1. The van der Waals surface area contributed by atoms with Crippen molar-refractivity contribution < 1.29 is 9.53 Å². The molecule has 1 heterocycles. The zero-order chi connectivity index (χ0) is 14.7. The van der Waals surface area contributed by atoms with E-state index in [9.17, 15) is 4.79 Å². The quantitative estimate of drug-likeness (QED) is 0.864. The second-order valence-corrected chi connectivity index (χ2v) is 5.65. The first-order valence-corrected chi connectivity index (χ1v) is 7.35. The molecule has 0 aromatic heterocycles. The molecular weight excluding hydrogens is 252 g/mol. The van der Waals surface area contributed by atoms with Crippen LogP contribution in [0.2, 0.25) is 0 Å². The molecular formula is C16H24N2O2. The highest BCUT2D eigenvalue weighted by atomic mass is 16.5. The largest absolute Gasteiger partial charge is 0.491 e. The number of hydrogen-bond donors (Lipinski definition) is 1. The number of carbonyl (C=O) groups is 1. The third kappa shape index (κ3) is 2.89. The molecule has 1 aromatic carbocycles. The van der Waals surface area contributed by atoms with Gasteiger partial charge >= 0.3 is 0 Å². The molecule has 0 radical (unpaired) electrons. The zero-order valence-corrected chi connectivity index (χ0v) is 12.6. The first kappa shape index (κ1) is 14.7. The van der Waals surface area contributed by atoms with E-state index < -0.39 is 0 Å². The molecule has 2 N–H and O–H groups in total. The molecule has 1 fully saturated rings. The first-order chi connectivity index (χ1) is 9.54. The Kier molecular flexibility index (Phi) is 4.53. The van der Waals surface area contributed by atoms with Crippen molar-refractivity contribution in [3.05, 3.63) is 23.8 Å². The summed E-state index contributed by atoms with van der Waals surface area (Å²) >= 11 is 0. The highest BCUT2D eigenvalue weighted by Crippen LogP contribution is 2.30. The Morgan fingerprint density at radius 1 is 1.40 bits per heavy atom. The minimum absolute atomic E-state index is 0.0273. The van der Waals surface area contributed by atoms with Crippen molar-refractivity contribution in [3.63, 3.8) is 0 Å². The van der Waals surface area contributed by atoms with Crippen LogP contribution in [0.15, 0.2) is 18.2 Å². The molecule has 2 unspecified atom stereocenters. The van der Waals surface area contributed by atoms with Crippen LogP contribution < -0.4 is 10.5 Å². The highest BCUT2D eigenvalue weighted by Gasteiger charge is 2.28. The molecule has 4 heteroatoms. The van der Waals surface area contributed by atoms with Gasteiger partial charge in [-0.1, -0.05) is 19.9 Å². The van der Waals surface area contributed by atoms with E-state index in [1.807, 2.05) is 11.8 Å². The normalized spacial score (nSPS) is 22.6. The Balaban J connectivity index is 2.23. The summed E-state index contributed by atoms with van der Waals surface area (Å²) in [5, 5.41) is 0. The Hall–Kier alpha value is -1.71. The number of amides is 1. The summed E-state index contributed by atoms with van der Waals surface area (Å²) in [4.78, 5) is 14.6. The summed E-state index contributed by atoms with van der Waals surface area (Å²) in [6, 6.07) is 5.37. The summed E-state index contributed by atoms with van der Waals surface area (Å²) in [5.41, 5.74) is 7.03. The fourth-order valence-electron chi connectivity index (χ4n) is 2.65. The van der Waals surface area contributed by atoms with Gasteiger partial charge in [0.05, 0.1) is 17.9 Å². The number of ether oxygens (including phenoxy) is 1. The molecule has 1 aliphatic rings. The van der Waals surface area contributed by atoms with Gasteiger partial charge in [0, 0.05) is 13.1 Å². The number of nitrogens with two attached hydrogens (primary N) is 1. The number of benzene rings is 1. The fraction of sp³-hybridized carbons (Fsp3) is 0.562. The number of anilines is 1. The fourth-order valence-corrected chi connectivity index (χ4v) is 2.65. The maximum atomic E-state index is 12.7. The molecule has 110 valence electrons. The summed E-state index contributed by atoms with van der Waals surface area (Å²) in [5.74, 6) is 1.75. The Labute approximate surface area is 120 Å². The van der Waals surface area contributed by atoms with Crippen LogP contribution in [0.3, 0.4) is 0 Å². The van der Waals surface area contributed by atoms with Crippen molar-refractivity contribution in [2.24, 2.45) is 11.8 Å². The van der Waals surface area contributed by atoms with Crippen molar-refractivity contribution in [2.75, 3.05) is 25.4 Å². The van der Waals surface area contributed by atoms with Crippen molar-refractivity contribution in [1.82, 2.24) is 4.90 Å². The SMILES string of the molecule is CCOc1c(N)cccc1C(=O)N1CCC(C)C(C)C1. The maximum Gasteiger partial charge on any atom is 0.257 e. The molecule has 0 saturated carbocycles. The predicted molar refractivity (Wildman–Crippen MR) is 80.9 cm³/mol. The lowest BCUT2D eigenvalue weighted by molar-refractivity contribution is 0.0623. The van der Waals surface area contributed by atoms with Gasteiger partial charge < -0.3 is 15.4 Å². The number of hydrogen-bond acceptors (Lipinski definition) is 3. The molecule has 1 amide bonds. The summed E-state index contributed by atoms with van der Waals surface area (Å²) < 4.78 is 5.56. The molecule has 0 aliphatic carbocycles. The van der Waals surface area contributed by atoms with Crippen molar-refractivity contribution >= 4 is 11.6 Å². The molecule has 1 aromatic rings. The Bertz CT molecular complexity index is 487. The van der Waals surface area contributed by atoms with Gasteiger partial charge in [-0.3, -0.25) is 4.79 Å². The summed E-state index contributed by atoms with van der Waals surface area (Å²) in [6.45, 7) is 8.46.